The molecule has 0 bridgehead atoms. The highest BCUT2D eigenvalue weighted by Gasteiger charge is 2.33. The van der Waals surface area contributed by atoms with E-state index < -0.39 is 16.0 Å². The largest absolute Gasteiger partial charge is 0.462 e. The normalized spacial score (nSPS) is 15.2. The van der Waals surface area contributed by atoms with Crippen molar-refractivity contribution in [1.29, 1.82) is 0 Å². The maximum absolute atomic E-state index is 12.9. The SMILES string of the molecule is CCCCOC(=O)c1ccc(NC(=O)C2CCN(S(=O)(=O)c3cc(Cl)ccc3Cl)CC2)cc1. The molecule has 1 aliphatic rings. The van der Waals surface area contributed by atoms with Crippen LogP contribution in [0.5, 0.6) is 0 Å². The molecule has 178 valence electrons. The second-order valence-corrected chi connectivity index (χ2v) is 10.6. The third-order valence-electron chi connectivity index (χ3n) is 5.45. The van der Waals surface area contributed by atoms with Gasteiger partial charge < -0.3 is 10.1 Å². The molecule has 1 amide bonds. The first-order chi connectivity index (χ1) is 15.7. The first kappa shape index (κ1) is 25.5. The van der Waals surface area contributed by atoms with Gasteiger partial charge in [0.05, 0.1) is 17.2 Å². The van der Waals surface area contributed by atoms with E-state index in [9.17, 15) is 18.0 Å². The van der Waals surface area contributed by atoms with Crippen molar-refractivity contribution >= 4 is 50.8 Å². The van der Waals surface area contributed by atoms with Crippen molar-refractivity contribution in [3.05, 3.63) is 58.1 Å². The lowest BCUT2D eigenvalue weighted by Crippen LogP contribution is -2.41. The average molecular weight is 513 g/mol. The second kappa shape index (κ2) is 11.3. The summed E-state index contributed by atoms with van der Waals surface area (Å²) in [7, 11) is -3.80. The number of rotatable bonds is 8. The average Bonchev–Trinajstić information content (AvgIpc) is 2.81. The molecule has 1 heterocycles. The van der Waals surface area contributed by atoms with E-state index in [-0.39, 0.29) is 39.9 Å². The molecule has 0 aliphatic carbocycles. The van der Waals surface area contributed by atoms with E-state index in [1.54, 1.807) is 24.3 Å². The molecule has 7 nitrogen and oxygen atoms in total. The van der Waals surface area contributed by atoms with Crippen molar-refractivity contribution in [2.45, 2.75) is 37.5 Å². The summed E-state index contributed by atoms with van der Waals surface area (Å²) in [6.07, 6.45) is 2.51. The van der Waals surface area contributed by atoms with Gasteiger partial charge in [-0.05, 0) is 61.7 Å². The van der Waals surface area contributed by atoms with Gasteiger partial charge in [0.15, 0.2) is 0 Å². The molecular weight excluding hydrogens is 487 g/mol. The highest BCUT2D eigenvalue weighted by atomic mass is 35.5. The summed E-state index contributed by atoms with van der Waals surface area (Å²) >= 11 is 12.0. The number of hydrogen-bond acceptors (Lipinski definition) is 5. The molecule has 2 aromatic carbocycles. The van der Waals surface area contributed by atoms with E-state index in [4.69, 9.17) is 27.9 Å². The van der Waals surface area contributed by atoms with E-state index >= 15 is 0 Å². The van der Waals surface area contributed by atoms with Gasteiger partial charge in [-0.2, -0.15) is 4.31 Å². The molecule has 0 radical (unpaired) electrons. The lowest BCUT2D eigenvalue weighted by molar-refractivity contribution is -0.120. The molecule has 0 saturated carbocycles. The van der Waals surface area contributed by atoms with E-state index in [0.717, 1.165) is 12.8 Å². The van der Waals surface area contributed by atoms with Crippen LogP contribution in [0.2, 0.25) is 10.0 Å². The molecule has 2 aromatic rings. The minimum Gasteiger partial charge on any atom is -0.462 e. The zero-order chi connectivity index (χ0) is 24.0. The summed E-state index contributed by atoms with van der Waals surface area (Å²) in [5.41, 5.74) is 0.980. The Morgan fingerprint density at radius 3 is 2.39 bits per heavy atom. The molecule has 33 heavy (non-hydrogen) atoms. The fourth-order valence-corrected chi connectivity index (χ4v) is 5.71. The van der Waals surface area contributed by atoms with Gasteiger partial charge in [0.1, 0.15) is 4.90 Å². The molecule has 1 fully saturated rings. The highest BCUT2D eigenvalue weighted by molar-refractivity contribution is 7.89. The van der Waals surface area contributed by atoms with Gasteiger partial charge in [-0.15, -0.1) is 0 Å². The van der Waals surface area contributed by atoms with Crippen molar-refractivity contribution in [3.63, 3.8) is 0 Å². The van der Waals surface area contributed by atoms with Crippen LogP contribution >= 0.6 is 23.2 Å². The van der Waals surface area contributed by atoms with Crippen LogP contribution < -0.4 is 5.32 Å². The monoisotopic (exact) mass is 512 g/mol. The number of amides is 1. The number of ether oxygens (including phenoxy) is 1. The van der Waals surface area contributed by atoms with Crippen LogP contribution in [0.4, 0.5) is 5.69 Å². The van der Waals surface area contributed by atoms with Crippen molar-refractivity contribution in [3.8, 4) is 0 Å². The number of carbonyl (C=O) groups excluding carboxylic acids is 2. The van der Waals surface area contributed by atoms with Crippen LogP contribution in [-0.2, 0) is 19.6 Å². The summed E-state index contributed by atoms with van der Waals surface area (Å²) in [5.74, 6) is -0.911. The number of unbranched alkanes of at least 4 members (excludes halogenated alkanes) is 1. The number of halogens is 2. The Bertz CT molecular complexity index is 1100. The van der Waals surface area contributed by atoms with Crippen LogP contribution in [0.1, 0.15) is 43.0 Å². The highest BCUT2D eigenvalue weighted by Crippen LogP contribution is 2.30. The van der Waals surface area contributed by atoms with Crippen LogP contribution in [0.25, 0.3) is 0 Å². The molecule has 0 aromatic heterocycles. The summed E-state index contributed by atoms with van der Waals surface area (Å²) in [5, 5.41) is 3.23. The number of esters is 1. The molecule has 0 unspecified atom stereocenters. The lowest BCUT2D eigenvalue weighted by atomic mass is 9.97. The van der Waals surface area contributed by atoms with E-state index in [1.807, 2.05) is 6.92 Å². The Morgan fingerprint density at radius 1 is 1.09 bits per heavy atom. The predicted molar refractivity (Wildman–Crippen MR) is 128 cm³/mol. The van der Waals surface area contributed by atoms with Crippen LogP contribution in [0, 0.1) is 5.92 Å². The van der Waals surface area contributed by atoms with Gasteiger partial charge >= 0.3 is 5.97 Å². The van der Waals surface area contributed by atoms with Crippen molar-refractivity contribution in [1.82, 2.24) is 4.31 Å². The Kier molecular flexibility index (Phi) is 8.75. The van der Waals surface area contributed by atoms with Gasteiger partial charge in [-0.3, -0.25) is 4.79 Å². The molecule has 10 heteroatoms. The van der Waals surface area contributed by atoms with E-state index in [2.05, 4.69) is 5.32 Å². The fourth-order valence-electron chi connectivity index (χ4n) is 3.50. The molecule has 3 rings (SSSR count). The molecule has 1 N–H and O–H groups in total. The maximum atomic E-state index is 12.9. The topological polar surface area (TPSA) is 92.8 Å². The van der Waals surface area contributed by atoms with Gasteiger partial charge in [0.25, 0.3) is 0 Å². The predicted octanol–water partition coefficient (Wildman–Crippen LogP) is 4.99. The minimum absolute atomic E-state index is 0.0344. The molecule has 0 atom stereocenters. The van der Waals surface area contributed by atoms with Gasteiger partial charge in [-0.1, -0.05) is 36.5 Å². The van der Waals surface area contributed by atoms with Crippen LogP contribution in [0.15, 0.2) is 47.4 Å². The molecular formula is C23H26Cl2N2O5S. The summed E-state index contributed by atoms with van der Waals surface area (Å²) in [6.45, 7) is 2.80. The molecule has 1 saturated heterocycles. The molecule has 0 spiro atoms. The fraction of sp³-hybridized carbons (Fsp3) is 0.391. The first-order valence-corrected chi connectivity index (χ1v) is 12.9. The standard InChI is InChI=1S/C23H26Cl2N2O5S/c1-2-3-14-32-23(29)17-4-7-19(8-5-17)26-22(28)16-10-12-27(13-11-16)33(30,31)21-15-18(24)6-9-20(21)25/h4-9,15-16H,2-3,10-14H2,1H3,(H,26,28). The smallest absolute Gasteiger partial charge is 0.338 e. The zero-order valence-electron chi connectivity index (χ0n) is 18.2. The number of nitrogens with one attached hydrogen (secondary N) is 1. The number of anilines is 1. The Labute approximate surface area is 204 Å². The van der Waals surface area contributed by atoms with Gasteiger partial charge in [-0.25, -0.2) is 13.2 Å². The summed E-state index contributed by atoms with van der Waals surface area (Å²) in [4.78, 5) is 24.6. The number of carbonyl (C=O) groups is 2. The Hall–Kier alpha value is -2.13. The number of piperidine rings is 1. The third kappa shape index (κ3) is 6.47. The summed E-state index contributed by atoms with van der Waals surface area (Å²) in [6, 6.07) is 10.8. The Morgan fingerprint density at radius 2 is 1.76 bits per heavy atom. The Balaban J connectivity index is 1.55. The molecule has 1 aliphatic heterocycles. The van der Waals surface area contributed by atoms with Crippen molar-refractivity contribution in [2.75, 3.05) is 25.0 Å². The lowest BCUT2D eigenvalue weighted by Gasteiger charge is -2.30. The van der Waals surface area contributed by atoms with E-state index in [1.165, 1.54) is 22.5 Å². The van der Waals surface area contributed by atoms with Crippen LogP contribution in [0.3, 0.4) is 0 Å². The van der Waals surface area contributed by atoms with Crippen LogP contribution in [-0.4, -0.2) is 44.3 Å². The number of benzene rings is 2. The summed E-state index contributed by atoms with van der Waals surface area (Å²) < 4.78 is 32.4. The zero-order valence-corrected chi connectivity index (χ0v) is 20.5. The number of sulfonamides is 1. The minimum atomic E-state index is -3.80. The maximum Gasteiger partial charge on any atom is 0.338 e. The van der Waals surface area contributed by atoms with Crippen molar-refractivity contribution in [2.24, 2.45) is 5.92 Å². The second-order valence-electron chi connectivity index (χ2n) is 7.81. The van der Waals surface area contributed by atoms with E-state index in [0.29, 0.717) is 30.7 Å². The quantitative estimate of drug-likeness (QED) is 0.397. The van der Waals surface area contributed by atoms with Gasteiger partial charge in [0, 0.05) is 29.7 Å². The number of hydrogen-bond donors (Lipinski definition) is 1. The van der Waals surface area contributed by atoms with Crippen molar-refractivity contribution < 1.29 is 22.7 Å². The van der Waals surface area contributed by atoms with Gasteiger partial charge in [0.2, 0.25) is 15.9 Å². The third-order valence-corrected chi connectivity index (χ3v) is 8.07. The number of nitrogens with zero attached hydrogens (tertiary/aromatic N) is 1. The first-order valence-electron chi connectivity index (χ1n) is 10.8.